The number of hydrogen-bond acceptors (Lipinski definition) is 4. The summed E-state index contributed by atoms with van der Waals surface area (Å²) < 4.78 is 4.96. The van der Waals surface area contributed by atoms with Gasteiger partial charge in [0.15, 0.2) is 11.5 Å². The van der Waals surface area contributed by atoms with Crippen molar-refractivity contribution in [1.82, 2.24) is 5.32 Å². The van der Waals surface area contributed by atoms with Crippen molar-refractivity contribution in [2.24, 2.45) is 0 Å². The zero-order valence-corrected chi connectivity index (χ0v) is 13.4. The number of carboxylic acid groups (broad SMARTS) is 1. The topological polar surface area (TPSA) is 95.9 Å². The van der Waals surface area contributed by atoms with Gasteiger partial charge in [0, 0.05) is 10.6 Å². The Hall–Kier alpha value is -2.99. The summed E-state index contributed by atoms with van der Waals surface area (Å²) in [6.07, 6.45) is 1.26. The number of phenolic OH excluding ortho intramolecular Hbond substituents is 1. The van der Waals surface area contributed by atoms with Crippen molar-refractivity contribution in [3.05, 3.63) is 64.3 Å². The van der Waals surface area contributed by atoms with Gasteiger partial charge in [0.2, 0.25) is 0 Å². The molecule has 0 aliphatic carbocycles. The highest BCUT2D eigenvalue weighted by molar-refractivity contribution is 6.30. The quantitative estimate of drug-likeness (QED) is 0.723. The molecule has 0 fully saturated rings. The van der Waals surface area contributed by atoms with Gasteiger partial charge in [0.05, 0.1) is 7.11 Å². The fourth-order valence-electron chi connectivity index (χ4n) is 1.90. The molecule has 0 heterocycles. The Morgan fingerprint density at radius 3 is 2.42 bits per heavy atom. The predicted molar refractivity (Wildman–Crippen MR) is 89.2 cm³/mol. The van der Waals surface area contributed by atoms with Crippen molar-refractivity contribution in [2.45, 2.75) is 0 Å². The maximum Gasteiger partial charge on any atom is 0.352 e. The molecule has 124 valence electrons. The number of ether oxygens (including phenoxy) is 1. The van der Waals surface area contributed by atoms with Crippen LogP contribution < -0.4 is 10.1 Å². The van der Waals surface area contributed by atoms with E-state index in [1.165, 1.54) is 55.7 Å². The largest absolute Gasteiger partial charge is 0.504 e. The van der Waals surface area contributed by atoms with E-state index in [-0.39, 0.29) is 22.8 Å². The SMILES string of the molecule is COc1cc(/C=C(/NC(=O)c2ccc(Cl)cc2)C(=O)O)ccc1O. The number of nitrogens with one attached hydrogen (secondary N) is 1. The monoisotopic (exact) mass is 347 g/mol. The van der Waals surface area contributed by atoms with Crippen LogP contribution in [0.4, 0.5) is 0 Å². The molecule has 2 rings (SSSR count). The molecule has 3 N–H and O–H groups in total. The predicted octanol–water partition coefficient (Wildman–Crippen LogP) is 2.91. The maximum atomic E-state index is 12.1. The van der Waals surface area contributed by atoms with Gasteiger partial charge < -0.3 is 20.3 Å². The molecule has 0 aliphatic heterocycles. The van der Waals surface area contributed by atoms with Crippen molar-refractivity contribution in [1.29, 1.82) is 0 Å². The highest BCUT2D eigenvalue weighted by Crippen LogP contribution is 2.27. The molecule has 0 spiro atoms. The second kappa shape index (κ2) is 7.52. The molecular weight excluding hydrogens is 334 g/mol. The lowest BCUT2D eigenvalue weighted by atomic mass is 10.1. The summed E-state index contributed by atoms with van der Waals surface area (Å²) in [7, 11) is 1.38. The number of carbonyl (C=O) groups excluding carboxylic acids is 1. The Labute approximate surface area is 143 Å². The standard InChI is InChI=1S/C17H14ClNO5/c1-24-15-9-10(2-7-14(15)20)8-13(17(22)23)19-16(21)11-3-5-12(18)6-4-11/h2-9,20H,1H3,(H,19,21)(H,22,23)/b13-8+. The highest BCUT2D eigenvalue weighted by Gasteiger charge is 2.14. The third-order valence-corrected chi connectivity index (χ3v) is 3.35. The Bertz CT molecular complexity index is 799. The molecule has 0 saturated heterocycles. The van der Waals surface area contributed by atoms with E-state index in [1.807, 2.05) is 0 Å². The average molecular weight is 348 g/mol. The lowest BCUT2D eigenvalue weighted by molar-refractivity contribution is -0.132. The van der Waals surface area contributed by atoms with Gasteiger partial charge in [-0.3, -0.25) is 4.79 Å². The summed E-state index contributed by atoms with van der Waals surface area (Å²) in [5.74, 6) is -1.76. The number of carbonyl (C=O) groups is 2. The lowest BCUT2D eigenvalue weighted by Gasteiger charge is -2.08. The molecule has 0 saturated carbocycles. The van der Waals surface area contributed by atoms with Crippen LogP contribution in [0.5, 0.6) is 11.5 Å². The minimum Gasteiger partial charge on any atom is -0.504 e. The van der Waals surface area contributed by atoms with Gasteiger partial charge in [-0.15, -0.1) is 0 Å². The first-order valence-corrected chi connectivity index (χ1v) is 7.17. The molecule has 1 amide bonds. The first-order valence-electron chi connectivity index (χ1n) is 6.79. The Morgan fingerprint density at radius 2 is 1.83 bits per heavy atom. The van der Waals surface area contributed by atoms with Crippen molar-refractivity contribution < 1.29 is 24.5 Å². The van der Waals surface area contributed by atoms with Crippen LogP contribution in [0.15, 0.2) is 48.2 Å². The van der Waals surface area contributed by atoms with Gasteiger partial charge >= 0.3 is 5.97 Å². The molecule has 0 aliphatic rings. The molecular formula is C17H14ClNO5. The van der Waals surface area contributed by atoms with Gasteiger partial charge in [0.25, 0.3) is 5.91 Å². The Kier molecular flexibility index (Phi) is 5.44. The minimum absolute atomic E-state index is 0.0725. The molecule has 2 aromatic carbocycles. The van der Waals surface area contributed by atoms with Gasteiger partial charge in [-0.2, -0.15) is 0 Å². The average Bonchev–Trinajstić information content (AvgIpc) is 2.56. The van der Waals surface area contributed by atoms with Crippen molar-refractivity contribution in [3.8, 4) is 11.5 Å². The number of rotatable bonds is 5. The number of amides is 1. The van der Waals surface area contributed by atoms with Crippen LogP contribution in [0.25, 0.3) is 6.08 Å². The lowest BCUT2D eigenvalue weighted by Crippen LogP contribution is -2.27. The van der Waals surface area contributed by atoms with E-state index in [4.69, 9.17) is 16.3 Å². The second-order valence-electron chi connectivity index (χ2n) is 4.76. The number of aromatic hydroxyl groups is 1. The molecule has 6 nitrogen and oxygen atoms in total. The van der Waals surface area contributed by atoms with E-state index in [2.05, 4.69) is 5.32 Å². The summed E-state index contributed by atoms with van der Waals surface area (Å²) in [5, 5.41) is 21.6. The van der Waals surface area contributed by atoms with Crippen LogP contribution in [0.2, 0.25) is 5.02 Å². The molecule has 24 heavy (non-hydrogen) atoms. The van der Waals surface area contributed by atoms with Crippen LogP contribution in [-0.4, -0.2) is 29.2 Å². The van der Waals surface area contributed by atoms with Crippen LogP contribution in [-0.2, 0) is 4.79 Å². The number of carboxylic acids is 1. The van der Waals surface area contributed by atoms with Crippen LogP contribution in [0.1, 0.15) is 15.9 Å². The van der Waals surface area contributed by atoms with E-state index in [1.54, 1.807) is 0 Å². The van der Waals surface area contributed by atoms with Gasteiger partial charge in [-0.25, -0.2) is 4.79 Å². The normalized spacial score (nSPS) is 11.0. The molecule has 0 aromatic heterocycles. The van der Waals surface area contributed by atoms with Crippen LogP contribution in [0, 0.1) is 0 Å². The first kappa shape index (κ1) is 17.4. The number of benzene rings is 2. The fraction of sp³-hybridized carbons (Fsp3) is 0.0588. The molecule has 7 heteroatoms. The summed E-state index contributed by atoms with van der Waals surface area (Å²) in [4.78, 5) is 23.5. The van der Waals surface area contributed by atoms with E-state index in [0.717, 1.165) is 0 Å². The zero-order valence-electron chi connectivity index (χ0n) is 12.6. The fourth-order valence-corrected chi connectivity index (χ4v) is 2.02. The van der Waals surface area contributed by atoms with E-state index in [9.17, 15) is 19.8 Å². The molecule has 0 radical (unpaired) electrons. The third-order valence-electron chi connectivity index (χ3n) is 3.10. The number of halogens is 1. The van der Waals surface area contributed by atoms with Crippen molar-refractivity contribution in [3.63, 3.8) is 0 Å². The summed E-state index contributed by atoms with van der Waals surface area (Å²) in [6.45, 7) is 0. The Morgan fingerprint density at radius 1 is 1.17 bits per heavy atom. The highest BCUT2D eigenvalue weighted by atomic mass is 35.5. The zero-order chi connectivity index (χ0) is 17.7. The third kappa shape index (κ3) is 4.27. The van der Waals surface area contributed by atoms with Crippen LogP contribution in [0.3, 0.4) is 0 Å². The molecule has 2 aromatic rings. The number of methoxy groups -OCH3 is 1. The number of aliphatic carboxylic acids is 1. The smallest absolute Gasteiger partial charge is 0.352 e. The van der Waals surface area contributed by atoms with E-state index >= 15 is 0 Å². The van der Waals surface area contributed by atoms with Crippen LogP contribution >= 0.6 is 11.6 Å². The maximum absolute atomic E-state index is 12.1. The summed E-state index contributed by atoms with van der Waals surface area (Å²) in [5.41, 5.74) is 0.399. The van der Waals surface area contributed by atoms with Gasteiger partial charge in [-0.05, 0) is 48.0 Å². The number of hydrogen-bond donors (Lipinski definition) is 3. The second-order valence-corrected chi connectivity index (χ2v) is 5.19. The van der Waals surface area contributed by atoms with Gasteiger partial charge in [-0.1, -0.05) is 17.7 Å². The van der Waals surface area contributed by atoms with Crippen molar-refractivity contribution in [2.75, 3.05) is 7.11 Å². The Balaban J connectivity index is 2.27. The molecule has 0 bridgehead atoms. The molecule has 0 atom stereocenters. The van der Waals surface area contributed by atoms with Gasteiger partial charge in [0.1, 0.15) is 5.70 Å². The summed E-state index contributed by atoms with van der Waals surface area (Å²) >= 11 is 5.75. The minimum atomic E-state index is -1.30. The van der Waals surface area contributed by atoms with Crippen molar-refractivity contribution >= 4 is 29.6 Å². The first-order chi connectivity index (χ1) is 11.4. The molecule has 0 unspecified atom stereocenters. The summed E-state index contributed by atoms with van der Waals surface area (Å²) in [6, 6.07) is 10.4. The number of phenols is 1. The van der Waals surface area contributed by atoms with E-state index < -0.39 is 11.9 Å². The van der Waals surface area contributed by atoms with E-state index in [0.29, 0.717) is 10.6 Å².